The largest absolute Gasteiger partial charge is 0.494 e. The van der Waals surface area contributed by atoms with Gasteiger partial charge in [-0.1, -0.05) is 30.3 Å². The minimum absolute atomic E-state index is 0.157. The highest BCUT2D eigenvalue weighted by Gasteiger charge is 2.18. The van der Waals surface area contributed by atoms with Gasteiger partial charge in [0.15, 0.2) is 5.65 Å². The van der Waals surface area contributed by atoms with Gasteiger partial charge in [0.2, 0.25) is 5.91 Å². The van der Waals surface area contributed by atoms with Gasteiger partial charge < -0.3 is 10.1 Å². The fourth-order valence-corrected chi connectivity index (χ4v) is 3.96. The van der Waals surface area contributed by atoms with Crippen LogP contribution in [0.1, 0.15) is 6.92 Å². The van der Waals surface area contributed by atoms with Crippen molar-refractivity contribution in [2.75, 3.05) is 11.9 Å². The number of nitrogens with one attached hydrogen (secondary N) is 1. The topological polar surface area (TPSA) is 91.0 Å². The lowest BCUT2D eigenvalue weighted by Gasteiger charge is -2.11. The number of carbonyl (C=O) groups is 1. The van der Waals surface area contributed by atoms with Gasteiger partial charge in [-0.2, -0.15) is 0 Å². The van der Waals surface area contributed by atoms with Crippen molar-refractivity contribution in [3.05, 3.63) is 102 Å². The van der Waals surface area contributed by atoms with E-state index in [-0.39, 0.29) is 18.0 Å². The Balaban J connectivity index is 1.49. The Morgan fingerprint density at radius 1 is 1.00 bits per heavy atom. The van der Waals surface area contributed by atoms with Gasteiger partial charge in [-0.25, -0.2) is 4.98 Å². The molecule has 3 aromatic heterocycles. The summed E-state index contributed by atoms with van der Waals surface area (Å²) in [5.41, 5.74) is 3.46. The summed E-state index contributed by atoms with van der Waals surface area (Å²) in [5, 5.41) is 3.24. The Bertz CT molecular complexity index is 1520. The fraction of sp³-hybridized carbons (Fsp3) is 0.111. The first-order valence-electron chi connectivity index (χ1n) is 11.2. The van der Waals surface area contributed by atoms with Crippen molar-refractivity contribution in [3.8, 4) is 22.7 Å². The van der Waals surface area contributed by atoms with Gasteiger partial charge in [-0.3, -0.25) is 23.7 Å². The third-order valence-corrected chi connectivity index (χ3v) is 5.54. The number of pyridine rings is 1. The number of carbonyl (C=O) groups excluding carboxylic acids is 1. The van der Waals surface area contributed by atoms with Crippen molar-refractivity contribution in [2.45, 2.75) is 13.5 Å². The van der Waals surface area contributed by atoms with Crippen LogP contribution < -0.4 is 15.6 Å². The summed E-state index contributed by atoms with van der Waals surface area (Å²) in [5.74, 6) is 0.401. The van der Waals surface area contributed by atoms with Gasteiger partial charge in [-0.05, 0) is 55.0 Å². The summed E-state index contributed by atoms with van der Waals surface area (Å²) in [6.45, 7) is 2.32. The van der Waals surface area contributed by atoms with E-state index in [1.54, 1.807) is 36.7 Å². The van der Waals surface area contributed by atoms with E-state index in [0.717, 1.165) is 22.7 Å². The van der Waals surface area contributed by atoms with E-state index >= 15 is 0 Å². The van der Waals surface area contributed by atoms with E-state index in [0.29, 0.717) is 23.3 Å². The van der Waals surface area contributed by atoms with E-state index in [9.17, 15) is 9.59 Å². The smallest absolute Gasteiger partial charge is 0.263 e. The molecule has 0 radical (unpaired) electrons. The molecule has 5 aromatic rings. The SMILES string of the molecule is CCOc1ccc(NC(=O)Cn2cnc3c(cc(-c4ccccc4)n3-c3ccncc3)c2=O)cc1. The third-order valence-electron chi connectivity index (χ3n) is 5.54. The molecule has 8 nitrogen and oxygen atoms in total. The van der Waals surface area contributed by atoms with Crippen LogP contribution >= 0.6 is 0 Å². The number of anilines is 1. The summed E-state index contributed by atoms with van der Waals surface area (Å²) in [4.78, 5) is 34.7. The second kappa shape index (κ2) is 9.64. The summed E-state index contributed by atoms with van der Waals surface area (Å²) in [6.07, 6.45) is 4.81. The minimum atomic E-state index is -0.325. The molecule has 1 N–H and O–H groups in total. The van der Waals surface area contributed by atoms with Crippen LogP contribution in [-0.4, -0.2) is 31.6 Å². The van der Waals surface area contributed by atoms with Crippen molar-refractivity contribution >= 4 is 22.6 Å². The Kier molecular flexibility index (Phi) is 6.09. The zero-order valence-corrected chi connectivity index (χ0v) is 19.1. The molecule has 0 fully saturated rings. The average molecular weight is 466 g/mol. The van der Waals surface area contributed by atoms with Crippen LogP contribution in [0.3, 0.4) is 0 Å². The van der Waals surface area contributed by atoms with Crippen LogP contribution in [0.4, 0.5) is 5.69 Å². The van der Waals surface area contributed by atoms with Crippen LogP contribution in [0.15, 0.2) is 96.3 Å². The quantitative estimate of drug-likeness (QED) is 0.387. The van der Waals surface area contributed by atoms with E-state index in [4.69, 9.17) is 4.74 Å². The van der Waals surface area contributed by atoms with Gasteiger partial charge in [0, 0.05) is 18.1 Å². The number of rotatable bonds is 7. The van der Waals surface area contributed by atoms with Crippen LogP contribution in [0.25, 0.3) is 28.0 Å². The second-order valence-corrected chi connectivity index (χ2v) is 7.86. The normalized spacial score (nSPS) is 10.9. The van der Waals surface area contributed by atoms with Crippen molar-refractivity contribution in [1.29, 1.82) is 0 Å². The van der Waals surface area contributed by atoms with E-state index < -0.39 is 0 Å². The Labute approximate surface area is 201 Å². The highest BCUT2D eigenvalue weighted by atomic mass is 16.5. The predicted molar refractivity (Wildman–Crippen MR) is 135 cm³/mol. The van der Waals surface area contributed by atoms with E-state index in [1.165, 1.54) is 10.9 Å². The van der Waals surface area contributed by atoms with E-state index in [1.807, 2.05) is 60.0 Å². The van der Waals surface area contributed by atoms with Gasteiger partial charge in [-0.15, -0.1) is 0 Å². The molecule has 0 aliphatic heterocycles. The first-order valence-corrected chi connectivity index (χ1v) is 11.2. The first kappa shape index (κ1) is 22.1. The number of ether oxygens (including phenoxy) is 1. The maximum atomic E-state index is 13.4. The van der Waals surface area contributed by atoms with Crippen molar-refractivity contribution in [2.24, 2.45) is 0 Å². The maximum Gasteiger partial charge on any atom is 0.263 e. The molecule has 35 heavy (non-hydrogen) atoms. The second-order valence-electron chi connectivity index (χ2n) is 7.86. The van der Waals surface area contributed by atoms with Gasteiger partial charge in [0.05, 0.1) is 23.4 Å². The molecule has 174 valence electrons. The number of hydrogen-bond acceptors (Lipinski definition) is 5. The summed E-state index contributed by atoms with van der Waals surface area (Å²) in [6, 6.07) is 22.4. The number of benzene rings is 2. The Morgan fingerprint density at radius 3 is 2.46 bits per heavy atom. The van der Waals surface area contributed by atoms with Crippen molar-refractivity contribution in [3.63, 3.8) is 0 Å². The lowest BCUT2D eigenvalue weighted by molar-refractivity contribution is -0.116. The fourth-order valence-electron chi connectivity index (χ4n) is 3.96. The van der Waals surface area contributed by atoms with Crippen LogP contribution in [0.2, 0.25) is 0 Å². The van der Waals surface area contributed by atoms with Crippen molar-refractivity contribution < 1.29 is 9.53 Å². The Morgan fingerprint density at radius 2 is 1.74 bits per heavy atom. The molecular weight excluding hydrogens is 442 g/mol. The molecule has 0 saturated heterocycles. The molecule has 0 bridgehead atoms. The molecule has 8 heteroatoms. The van der Waals surface area contributed by atoms with Crippen LogP contribution in [0, 0.1) is 0 Å². The van der Waals surface area contributed by atoms with Gasteiger partial charge in [0.25, 0.3) is 5.56 Å². The Hall–Kier alpha value is -4.72. The van der Waals surface area contributed by atoms with Gasteiger partial charge in [0.1, 0.15) is 18.6 Å². The molecule has 0 unspecified atom stereocenters. The first-order chi connectivity index (χ1) is 17.1. The lowest BCUT2D eigenvalue weighted by atomic mass is 10.1. The predicted octanol–water partition coefficient (Wildman–Crippen LogP) is 4.29. The van der Waals surface area contributed by atoms with Gasteiger partial charge >= 0.3 is 0 Å². The highest BCUT2D eigenvalue weighted by Crippen LogP contribution is 2.29. The summed E-state index contributed by atoms with van der Waals surface area (Å²) < 4.78 is 8.67. The van der Waals surface area contributed by atoms with E-state index in [2.05, 4.69) is 15.3 Å². The lowest BCUT2D eigenvalue weighted by Crippen LogP contribution is -2.27. The van der Waals surface area contributed by atoms with Crippen molar-refractivity contribution in [1.82, 2.24) is 19.1 Å². The monoisotopic (exact) mass is 465 g/mol. The number of aromatic nitrogens is 4. The molecule has 1 amide bonds. The molecule has 0 spiro atoms. The number of fused-ring (bicyclic) bond motifs is 1. The highest BCUT2D eigenvalue weighted by molar-refractivity contribution is 5.91. The molecule has 0 aliphatic carbocycles. The molecule has 0 saturated carbocycles. The maximum absolute atomic E-state index is 13.4. The number of hydrogen-bond donors (Lipinski definition) is 1. The molecular formula is C27H23N5O3. The molecule has 0 atom stereocenters. The zero-order valence-electron chi connectivity index (χ0n) is 19.1. The molecule has 0 aliphatic rings. The number of amides is 1. The summed E-state index contributed by atoms with van der Waals surface area (Å²) >= 11 is 0. The molecule has 3 heterocycles. The third kappa shape index (κ3) is 4.54. The zero-order chi connectivity index (χ0) is 24.2. The number of nitrogens with zero attached hydrogens (tertiary/aromatic N) is 4. The molecule has 2 aromatic carbocycles. The van der Waals surface area contributed by atoms with Crippen LogP contribution in [0.5, 0.6) is 5.75 Å². The summed E-state index contributed by atoms with van der Waals surface area (Å²) in [7, 11) is 0. The standard InChI is InChI=1S/C27H23N5O3/c1-2-35-22-10-8-20(9-11-22)30-25(33)17-31-18-29-26-23(27(31)34)16-24(19-6-4-3-5-7-19)32(26)21-12-14-28-15-13-21/h3-16,18H,2,17H2,1H3,(H,30,33). The van der Waals surface area contributed by atoms with Crippen LogP contribution in [-0.2, 0) is 11.3 Å². The molecule has 5 rings (SSSR count). The average Bonchev–Trinajstić information content (AvgIpc) is 3.29. The minimum Gasteiger partial charge on any atom is -0.494 e.